The van der Waals surface area contributed by atoms with E-state index in [1.165, 1.54) is 24.3 Å². The van der Waals surface area contributed by atoms with E-state index in [-0.39, 0.29) is 15.7 Å². The van der Waals surface area contributed by atoms with Crippen LogP contribution in [0.25, 0.3) is 0 Å². The summed E-state index contributed by atoms with van der Waals surface area (Å²) in [7, 11) is -3.81. The van der Waals surface area contributed by atoms with E-state index in [9.17, 15) is 8.42 Å². The van der Waals surface area contributed by atoms with Crippen LogP contribution in [0.5, 0.6) is 11.5 Å². The number of ether oxygens (including phenoxy) is 1. The molecule has 0 unspecified atom stereocenters. The molecule has 0 aromatic heterocycles. The number of halogens is 3. The molecule has 0 aliphatic heterocycles. The van der Waals surface area contributed by atoms with Crippen molar-refractivity contribution in [1.29, 1.82) is 0 Å². The van der Waals surface area contributed by atoms with Crippen LogP contribution in [0, 0.1) is 0 Å². The first-order valence-electron chi connectivity index (χ1n) is 5.22. The van der Waals surface area contributed by atoms with E-state index in [1.807, 2.05) is 0 Å². The molecular weight excluding hydrogens is 345 g/mol. The van der Waals surface area contributed by atoms with E-state index in [1.54, 1.807) is 12.1 Å². The van der Waals surface area contributed by atoms with Gasteiger partial charge in [-0.25, -0.2) is 13.6 Å². The zero-order valence-electron chi connectivity index (χ0n) is 9.81. The zero-order chi connectivity index (χ0) is 14.9. The molecule has 0 saturated carbocycles. The number of sulfonamides is 1. The van der Waals surface area contributed by atoms with Crippen LogP contribution in [0.15, 0.2) is 41.3 Å². The predicted molar refractivity (Wildman–Crippen MR) is 79.4 cm³/mol. The van der Waals surface area contributed by atoms with Crippen LogP contribution in [0.2, 0.25) is 15.1 Å². The largest absolute Gasteiger partial charge is 0.454 e. The summed E-state index contributed by atoms with van der Waals surface area (Å²) in [5.41, 5.74) is 0. The first-order valence-corrected chi connectivity index (χ1v) is 7.90. The summed E-state index contributed by atoms with van der Waals surface area (Å²) in [6.45, 7) is 0. The summed E-state index contributed by atoms with van der Waals surface area (Å²) >= 11 is 17.7. The molecule has 0 spiro atoms. The molecule has 0 radical (unpaired) electrons. The maximum Gasteiger partial charge on any atom is 0.238 e. The van der Waals surface area contributed by atoms with Crippen LogP contribution in [0.4, 0.5) is 0 Å². The van der Waals surface area contributed by atoms with Crippen LogP contribution >= 0.6 is 34.8 Å². The SMILES string of the molecule is NS(=O)(=O)c1ccc(Oc2ccc(Cl)cc2Cl)c(Cl)c1. The van der Waals surface area contributed by atoms with Crippen molar-refractivity contribution >= 4 is 44.8 Å². The van der Waals surface area contributed by atoms with Crippen molar-refractivity contribution in [1.82, 2.24) is 0 Å². The average molecular weight is 353 g/mol. The third-order valence-corrected chi connectivity index (χ3v) is 4.08. The summed E-state index contributed by atoms with van der Waals surface area (Å²) in [5.74, 6) is 0.601. The molecule has 0 atom stereocenters. The van der Waals surface area contributed by atoms with Gasteiger partial charge in [0.05, 0.1) is 14.9 Å². The van der Waals surface area contributed by atoms with Crippen molar-refractivity contribution < 1.29 is 13.2 Å². The highest BCUT2D eigenvalue weighted by Crippen LogP contribution is 2.35. The molecule has 2 rings (SSSR count). The van der Waals surface area contributed by atoms with Crippen molar-refractivity contribution in [2.24, 2.45) is 5.14 Å². The zero-order valence-corrected chi connectivity index (χ0v) is 12.9. The summed E-state index contributed by atoms with van der Waals surface area (Å²) in [5, 5.41) is 5.89. The maximum atomic E-state index is 11.2. The highest BCUT2D eigenvalue weighted by Gasteiger charge is 2.12. The Labute approximate surface area is 131 Å². The summed E-state index contributed by atoms with van der Waals surface area (Å²) < 4.78 is 27.9. The molecule has 0 amide bonds. The lowest BCUT2D eigenvalue weighted by atomic mass is 10.3. The number of hydrogen-bond donors (Lipinski definition) is 1. The van der Waals surface area contributed by atoms with Gasteiger partial charge in [-0.15, -0.1) is 0 Å². The summed E-state index contributed by atoms with van der Waals surface area (Å²) in [6, 6.07) is 8.60. The third-order valence-electron chi connectivity index (χ3n) is 2.35. The highest BCUT2D eigenvalue weighted by atomic mass is 35.5. The fraction of sp³-hybridized carbons (Fsp3) is 0. The van der Waals surface area contributed by atoms with Gasteiger partial charge in [-0.1, -0.05) is 34.8 Å². The predicted octanol–water partition coefficient (Wildman–Crippen LogP) is 4.09. The molecule has 0 saturated heterocycles. The average Bonchev–Trinajstić information content (AvgIpc) is 2.33. The molecule has 0 aliphatic carbocycles. The van der Waals surface area contributed by atoms with Crippen molar-refractivity contribution in [3.8, 4) is 11.5 Å². The molecule has 4 nitrogen and oxygen atoms in total. The second-order valence-corrected chi connectivity index (χ2v) is 6.63. The van der Waals surface area contributed by atoms with Gasteiger partial charge in [0, 0.05) is 5.02 Å². The number of benzene rings is 2. The van der Waals surface area contributed by atoms with E-state index in [2.05, 4.69) is 0 Å². The molecule has 20 heavy (non-hydrogen) atoms. The molecule has 0 aliphatic rings. The van der Waals surface area contributed by atoms with E-state index < -0.39 is 10.0 Å². The van der Waals surface area contributed by atoms with E-state index in [0.717, 1.165) is 0 Å². The normalized spacial score (nSPS) is 11.4. The van der Waals surface area contributed by atoms with Gasteiger partial charge in [0.1, 0.15) is 11.5 Å². The Balaban J connectivity index is 2.35. The smallest absolute Gasteiger partial charge is 0.238 e. The van der Waals surface area contributed by atoms with Gasteiger partial charge in [-0.2, -0.15) is 0 Å². The molecular formula is C12H8Cl3NO3S. The van der Waals surface area contributed by atoms with Gasteiger partial charge in [-0.3, -0.25) is 0 Å². The molecule has 2 N–H and O–H groups in total. The maximum absolute atomic E-state index is 11.2. The lowest BCUT2D eigenvalue weighted by molar-refractivity contribution is 0.482. The molecule has 0 fully saturated rings. The molecule has 106 valence electrons. The number of nitrogens with two attached hydrogens (primary N) is 1. The molecule has 0 heterocycles. The monoisotopic (exact) mass is 351 g/mol. The molecule has 2 aromatic carbocycles. The van der Waals surface area contributed by atoms with Gasteiger partial charge < -0.3 is 4.74 Å². The topological polar surface area (TPSA) is 69.4 Å². The lowest BCUT2D eigenvalue weighted by Gasteiger charge is -2.10. The Kier molecular flexibility index (Phi) is 4.46. The Morgan fingerprint density at radius 2 is 1.45 bits per heavy atom. The van der Waals surface area contributed by atoms with Crippen LogP contribution in [0.1, 0.15) is 0 Å². The number of rotatable bonds is 3. The minimum atomic E-state index is -3.81. The fourth-order valence-electron chi connectivity index (χ4n) is 1.42. The number of hydrogen-bond acceptors (Lipinski definition) is 3. The Morgan fingerprint density at radius 3 is 1.95 bits per heavy atom. The lowest BCUT2D eigenvalue weighted by Crippen LogP contribution is -2.11. The number of primary sulfonamides is 1. The fourth-order valence-corrected chi connectivity index (χ4v) is 2.69. The van der Waals surface area contributed by atoms with Crippen molar-refractivity contribution in [2.45, 2.75) is 4.90 Å². The van der Waals surface area contributed by atoms with E-state index in [0.29, 0.717) is 15.8 Å². The van der Waals surface area contributed by atoms with Crippen molar-refractivity contribution in [2.75, 3.05) is 0 Å². The Bertz CT molecular complexity index is 763. The van der Waals surface area contributed by atoms with Crippen LogP contribution in [-0.2, 0) is 10.0 Å². The van der Waals surface area contributed by atoms with Crippen molar-refractivity contribution in [3.05, 3.63) is 51.5 Å². The minimum Gasteiger partial charge on any atom is -0.454 e. The quantitative estimate of drug-likeness (QED) is 0.904. The summed E-state index contributed by atoms with van der Waals surface area (Å²) in [6.07, 6.45) is 0. The van der Waals surface area contributed by atoms with Gasteiger partial charge in [-0.05, 0) is 36.4 Å². The standard InChI is InChI=1S/C12H8Cl3NO3S/c13-7-1-3-11(9(14)5-7)19-12-4-2-8(6-10(12)15)20(16,17)18/h1-6H,(H2,16,17,18). The van der Waals surface area contributed by atoms with Crippen molar-refractivity contribution in [3.63, 3.8) is 0 Å². The van der Waals surface area contributed by atoms with Gasteiger partial charge in [0.2, 0.25) is 10.0 Å². The Morgan fingerprint density at radius 1 is 0.900 bits per heavy atom. The van der Waals surface area contributed by atoms with Gasteiger partial charge >= 0.3 is 0 Å². The molecule has 8 heteroatoms. The second-order valence-electron chi connectivity index (χ2n) is 3.81. The first kappa shape index (κ1) is 15.4. The van der Waals surface area contributed by atoms with Crippen LogP contribution < -0.4 is 9.88 Å². The third kappa shape index (κ3) is 3.56. The van der Waals surface area contributed by atoms with E-state index >= 15 is 0 Å². The van der Waals surface area contributed by atoms with E-state index in [4.69, 9.17) is 44.7 Å². The minimum absolute atomic E-state index is 0.0996. The highest BCUT2D eigenvalue weighted by molar-refractivity contribution is 7.89. The first-order chi connectivity index (χ1) is 9.27. The molecule has 2 aromatic rings. The summed E-state index contributed by atoms with van der Waals surface area (Å²) in [4.78, 5) is -0.1000. The van der Waals surface area contributed by atoms with Crippen LogP contribution in [0.3, 0.4) is 0 Å². The van der Waals surface area contributed by atoms with Crippen LogP contribution in [-0.4, -0.2) is 8.42 Å². The molecule has 0 bridgehead atoms. The Hall–Kier alpha value is -0.980. The second kappa shape index (κ2) is 5.79. The van der Waals surface area contributed by atoms with Gasteiger partial charge in [0.25, 0.3) is 0 Å². The van der Waals surface area contributed by atoms with Gasteiger partial charge in [0.15, 0.2) is 0 Å².